The van der Waals surface area contributed by atoms with Gasteiger partial charge < -0.3 is 10.2 Å². The number of aryl methyl sites for hydroxylation is 1. The molecule has 0 radical (unpaired) electrons. The van der Waals surface area contributed by atoms with Gasteiger partial charge >= 0.3 is 0 Å². The van der Waals surface area contributed by atoms with Gasteiger partial charge in [0.2, 0.25) is 5.91 Å². The minimum absolute atomic E-state index is 0.105. The zero-order valence-electron chi connectivity index (χ0n) is 17.4. The molecule has 4 nitrogen and oxygen atoms in total. The van der Waals surface area contributed by atoms with Gasteiger partial charge in [-0.15, -0.1) is 0 Å². The fourth-order valence-electron chi connectivity index (χ4n) is 3.77. The third-order valence-electron chi connectivity index (χ3n) is 5.75. The van der Waals surface area contributed by atoms with E-state index in [2.05, 4.69) is 19.2 Å². The quantitative estimate of drug-likeness (QED) is 0.737. The average molecular weight is 413 g/mol. The summed E-state index contributed by atoms with van der Waals surface area (Å²) in [6, 6.07) is 15.1. The average Bonchev–Trinajstić information content (AvgIpc) is 2.80. The maximum absolute atomic E-state index is 13.6. The molecule has 1 N–H and O–H groups in total. The molecule has 2 amide bonds. The lowest BCUT2D eigenvalue weighted by Crippen LogP contribution is -2.58. The molecule has 154 valence electrons. The van der Waals surface area contributed by atoms with E-state index in [1.807, 2.05) is 55.5 Å². The topological polar surface area (TPSA) is 49.4 Å². The van der Waals surface area contributed by atoms with E-state index in [9.17, 15) is 9.59 Å². The number of nitrogens with zero attached hydrogens (tertiary/aromatic N) is 1. The predicted molar refractivity (Wildman–Crippen MR) is 117 cm³/mol. The van der Waals surface area contributed by atoms with E-state index >= 15 is 0 Å². The van der Waals surface area contributed by atoms with E-state index in [0.29, 0.717) is 42.4 Å². The van der Waals surface area contributed by atoms with Crippen molar-refractivity contribution in [3.8, 4) is 0 Å². The van der Waals surface area contributed by atoms with Gasteiger partial charge in [-0.05, 0) is 55.4 Å². The van der Waals surface area contributed by atoms with Gasteiger partial charge in [0.05, 0.1) is 0 Å². The summed E-state index contributed by atoms with van der Waals surface area (Å²) >= 11 is 6.38. The van der Waals surface area contributed by atoms with Crippen molar-refractivity contribution in [2.45, 2.75) is 52.1 Å². The highest BCUT2D eigenvalue weighted by Crippen LogP contribution is 2.33. The first-order valence-electron chi connectivity index (χ1n) is 10.2. The number of halogens is 1. The van der Waals surface area contributed by atoms with Crippen LogP contribution in [0.1, 0.15) is 55.1 Å². The largest absolute Gasteiger partial charge is 0.354 e. The minimum Gasteiger partial charge on any atom is -0.354 e. The Labute approximate surface area is 178 Å². The van der Waals surface area contributed by atoms with Crippen LogP contribution in [0, 0.1) is 5.92 Å². The number of amides is 2. The lowest BCUT2D eigenvalue weighted by Gasteiger charge is -2.39. The van der Waals surface area contributed by atoms with Gasteiger partial charge in [0.15, 0.2) is 0 Å². The third kappa shape index (κ3) is 4.64. The summed E-state index contributed by atoms with van der Waals surface area (Å²) in [7, 11) is 0. The van der Waals surface area contributed by atoms with Crippen LogP contribution in [0.15, 0.2) is 48.5 Å². The summed E-state index contributed by atoms with van der Waals surface area (Å²) in [6.07, 6.45) is 2.14. The molecule has 0 spiro atoms. The van der Waals surface area contributed by atoms with Gasteiger partial charge in [-0.2, -0.15) is 0 Å². The lowest BCUT2D eigenvalue weighted by molar-refractivity contribution is -0.132. The highest BCUT2D eigenvalue weighted by molar-refractivity contribution is 6.31. The van der Waals surface area contributed by atoms with E-state index in [0.717, 1.165) is 17.5 Å². The van der Waals surface area contributed by atoms with Gasteiger partial charge in [-0.1, -0.05) is 61.8 Å². The van der Waals surface area contributed by atoms with Crippen molar-refractivity contribution >= 4 is 23.4 Å². The Hall–Kier alpha value is -2.33. The van der Waals surface area contributed by atoms with E-state index in [4.69, 9.17) is 11.6 Å². The Kier molecular flexibility index (Phi) is 6.63. The highest BCUT2D eigenvalue weighted by atomic mass is 35.5. The minimum atomic E-state index is -0.952. The van der Waals surface area contributed by atoms with Crippen LogP contribution in [0.3, 0.4) is 0 Å². The van der Waals surface area contributed by atoms with Crippen molar-refractivity contribution < 1.29 is 9.59 Å². The number of hydrogen-bond donors (Lipinski definition) is 1. The molecule has 29 heavy (non-hydrogen) atoms. The van der Waals surface area contributed by atoms with Gasteiger partial charge in [0, 0.05) is 23.7 Å². The normalized spacial score (nSPS) is 19.1. The monoisotopic (exact) mass is 412 g/mol. The van der Waals surface area contributed by atoms with Crippen LogP contribution in [0.2, 0.25) is 5.02 Å². The zero-order valence-corrected chi connectivity index (χ0v) is 18.1. The summed E-state index contributed by atoms with van der Waals surface area (Å²) in [5.41, 5.74) is 1.54. The molecule has 1 heterocycles. The molecule has 1 aliphatic heterocycles. The molecule has 0 fully saturated rings. The molecule has 2 aromatic carbocycles. The molecule has 0 unspecified atom stereocenters. The number of rotatable bonds is 6. The summed E-state index contributed by atoms with van der Waals surface area (Å²) in [5.74, 6) is 0.272. The molecule has 0 aromatic heterocycles. The van der Waals surface area contributed by atoms with E-state index in [1.165, 1.54) is 0 Å². The van der Waals surface area contributed by atoms with E-state index < -0.39 is 5.54 Å². The number of fused-ring (bicyclic) bond motifs is 1. The fourth-order valence-corrected chi connectivity index (χ4v) is 3.97. The number of carbonyl (C=O) groups excluding carboxylic acids is 2. The molecule has 0 saturated carbocycles. The van der Waals surface area contributed by atoms with Crippen LogP contribution in [-0.2, 0) is 17.8 Å². The van der Waals surface area contributed by atoms with Crippen LogP contribution in [0.5, 0.6) is 0 Å². The first-order chi connectivity index (χ1) is 13.8. The van der Waals surface area contributed by atoms with Crippen LogP contribution >= 0.6 is 11.6 Å². The van der Waals surface area contributed by atoms with E-state index in [1.54, 1.807) is 4.90 Å². The molecule has 0 bridgehead atoms. The Morgan fingerprint density at radius 2 is 1.86 bits per heavy atom. The second-order valence-electron chi connectivity index (χ2n) is 8.35. The summed E-state index contributed by atoms with van der Waals surface area (Å²) < 4.78 is 0. The predicted octanol–water partition coefficient (Wildman–Crippen LogP) is 4.85. The Morgan fingerprint density at radius 3 is 2.59 bits per heavy atom. The molecule has 0 saturated heterocycles. The summed E-state index contributed by atoms with van der Waals surface area (Å²) in [6.45, 7) is 7.03. The first kappa shape index (κ1) is 21.4. The first-order valence-corrected chi connectivity index (χ1v) is 10.6. The summed E-state index contributed by atoms with van der Waals surface area (Å²) in [5, 5.41) is 3.66. The van der Waals surface area contributed by atoms with Crippen molar-refractivity contribution in [3.05, 3.63) is 70.2 Å². The standard InChI is InChI=1S/C24H29ClN2O2/c1-17(2)13-15-26-23(29)24(3)14-12-18-8-4-6-10-20(18)22(28)27(24)16-19-9-5-7-11-21(19)25/h4-11,17H,12-16H2,1-3H3,(H,26,29)/t24-/m1/s1. The van der Waals surface area contributed by atoms with Crippen molar-refractivity contribution in [1.82, 2.24) is 10.2 Å². The van der Waals surface area contributed by atoms with Crippen LogP contribution in [-0.4, -0.2) is 28.8 Å². The third-order valence-corrected chi connectivity index (χ3v) is 6.12. The zero-order chi connectivity index (χ0) is 21.0. The van der Waals surface area contributed by atoms with Gasteiger partial charge in [0.1, 0.15) is 5.54 Å². The van der Waals surface area contributed by atoms with Crippen molar-refractivity contribution in [1.29, 1.82) is 0 Å². The van der Waals surface area contributed by atoms with Crippen LogP contribution < -0.4 is 5.32 Å². The van der Waals surface area contributed by atoms with Gasteiger partial charge in [-0.25, -0.2) is 0 Å². The Bertz CT molecular complexity index is 896. The highest BCUT2D eigenvalue weighted by Gasteiger charge is 2.44. The number of benzene rings is 2. The SMILES string of the molecule is CC(C)CCNC(=O)[C@@]1(C)CCc2ccccc2C(=O)N1Cc1ccccc1Cl. The smallest absolute Gasteiger partial charge is 0.255 e. The molecule has 1 atom stereocenters. The van der Waals surface area contributed by atoms with E-state index in [-0.39, 0.29) is 11.8 Å². The van der Waals surface area contributed by atoms with Gasteiger partial charge in [-0.3, -0.25) is 9.59 Å². The molecule has 2 aromatic rings. The molecule has 5 heteroatoms. The fraction of sp³-hybridized carbons (Fsp3) is 0.417. The maximum atomic E-state index is 13.6. The van der Waals surface area contributed by atoms with Crippen molar-refractivity contribution in [2.24, 2.45) is 5.92 Å². The number of hydrogen-bond acceptors (Lipinski definition) is 2. The van der Waals surface area contributed by atoms with Crippen LogP contribution in [0.4, 0.5) is 0 Å². The Balaban J connectivity index is 1.97. The Morgan fingerprint density at radius 1 is 1.17 bits per heavy atom. The van der Waals surface area contributed by atoms with Crippen molar-refractivity contribution in [3.63, 3.8) is 0 Å². The van der Waals surface area contributed by atoms with Gasteiger partial charge in [0.25, 0.3) is 5.91 Å². The molecule has 0 aliphatic carbocycles. The molecule has 3 rings (SSSR count). The second kappa shape index (κ2) is 9.00. The van der Waals surface area contributed by atoms with Crippen LogP contribution in [0.25, 0.3) is 0 Å². The maximum Gasteiger partial charge on any atom is 0.255 e. The number of nitrogens with one attached hydrogen (secondary N) is 1. The number of carbonyl (C=O) groups is 2. The molecular weight excluding hydrogens is 384 g/mol. The van der Waals surface area contributed by atoms with Crippen molar-refractivity contribution in [2.75, 3.05) is 6.54 Å². The summed E-state index contributed by atoms with van der Waals surface area (Å²) in [4.78, 5) is 28.6. The lowest BCUT2D eigenvalue weighted by atomic mass is 9.91. The molecule has 1 aliphatic rings. The second-order valence-corrected chi connectivity index (χ2v) is 8.76. The molecular formula is C24H29ClN2O2.